The van der Waals surface area contributed by atoms with Gasteiger partial charge in [0.25, 0.3) is 5.60 Å². The molecule has 1 aliphatic heterocycles. The van der Waals surface area contributed by atoms with Gasteiger partial charge >= 0.3 is 12.4 Å². The third-order valence-electron chi connectivity index (χ3n) is 5.17. The van der Waals surface area contributed by atoms with E-state index >= 15 is 0 Å². The van der Waals surface area contributed by atoms with Crippen molar-refractivity contribution >= 4 is 39.4 Å². The molecule has 3 N–H and O–H groups in total. The SMILES string of the molecule is CC#CC1CN(Sc2cnc(N)c(Br)c2)CCN1c1ccc(C(O)(C(F)(F)F)C(F)(F)F)cc1. The second kappa shape index (κ2) is 9.85. The summed E-state index contributed by atoms with van der Waals surface area (Å²) in [6.07, 6.45) is -10.2. The van der Waals surface area contributed by atoms with Gasteiger partial charge < -0.3 is 15.7 Å². The predicted octanol–water partition coefficient (Wildman–Crippen LogP) is 4.96. The highest BCUT2D eigenvalue weighted by Gasteiger charge is 2.71. The lowest BCUT2D eigenvalue weighted by Crippen LogP contribution is -2.54. The van der Waals surface area contributed by atoms with E-state index in [1.807, 2.05) is 10.4 Å². The third-order valence-corrected chi connectivity index (χ3v) is 6.83. The van der Waals surface area contributed by atoms with E-state index in [0.717, 1.165) is 17.0 Å². The number of hydrogen-bond donors (Lipinski definition) is 2. The van der Waals surface area contributed by atoms with Crippen LogP contribution in [0.2, 0.25) is 0 Å². The van der Waals surface area contributed by atoms with Gasteiger partial charge in [0.2, 0.25) is 0 Å². The number of halogens is 7. The normalized spacial score (nSPS) is 17.9. The fourth-order valence-electron chi connectivity index (χ4n) is 3.45. The first-order valence-corrected chi connectivity index (χ1v) is 11.3. The van der Waals surface area contributed by atoms with Gasteiger partial charge in [0, 0.05) is 42.0 Å². The summed E-state index contributed by atoms with van der Waals surface area (Å²) in [5.74, 6) is 6.20. The Balaban J connectivity index is 1.81. The zero-order chi connectivity index (χ0) is 25.3. The number of hydrogen-bond acceptors (Lipinski definition) is 6. The molecule has 34 heavy (non-hydrogen) atoms. The second-order valence-corrected chi connectivity index (χ2v) is 9.40. The molecule has 1 fully saturated rings. The number of rotatable bonds is 4. The number of pyridine rings is 1. The van der Waals surface area contributed by atoms with Crippen LogP contribution in [-0.4, -0.2) is 52.4 Å². The third kappa shape index (κ3) is 5.25. The summed E-state index contributed by atoms with van der Waals surface area (Å²) < 4.78 is 81.6. The molecule has 1 aliphatic rings. The number of aliphatic hydroxyl groups is 1. The summed E-state index contributed by atoms with van der Waals surface area (Å²) in [6, 6.07) is 5.00. The van der Waals surface area contributed by atoms with Gasteiger partial charge in [0.1, 0.15) is 11.9 Å². The largest absolute Gasteiger partial charge is 0.430 e. The molecule has 0 aliphatic carbocycles. The van der Waals surface area contributed by atoms with Crippen LogP contribution in [-0.2, 0) is 5.60 Å². The average Bonchev–Trinajstić information content (AvgIpc) is 2.75. The van der Waals surface area contributed by atoms with Crippen LogP contribution in [0.1, 0.15) is 12.5 Å². The molecule has 0 spiro atoms. The Morgan fingerprint density at radius 3 is 2.26 bits per heavy atom. The maximum Gasteiger partial charge on any atom is 0.430 e. The fourth-order valence-corrected chi connectivity index (χ4v) is 4.91. The molecule has 0 radical (unpaired) electrons. The molecule has 184 valence electrons. The Hall–Kier alpha value is -2.14. The van der Waals surface area contributed by atoms with E-state index in [0.29, 0.717) is 47.7 Å². The van der Waals surface area contributed by atoms with E-state index in [-0.39, 0.29) is 6.04 Å². The molecule has 0 saturated carbocycles. The summed E-state index contributed by atoms with van der Waals surface area (Å²) >= 11 is 4.76. The van der Waals surface area contributed by atoms with Crippen molar-refractivity contribution in [3.05, 3.63) is 46.6 Å². The summed E-state index contributed by atoms with van der Waals surface area (Å²) in [7, 11) is 0. The van der Waals surface area contributed by atoms with Gasteiger partial charge in [-0.2, -0.15) is 26.3 Å². The Morgan fingerprint density at radius 1 is 1.12 bits per heavy atom. The van der Waals surface area contributed by atoms with Crippen LogP contribution in [0, 0.1) is 11.8 Å². The summed E-state index contributed by atoms with van der Waals surface area (Å²) in [5, 5.41) is 9.59. The fraction of sp³-hybridized carbons (Fsp3) is 0.381. The van der Waals surface area contributed by atoms with Gasteiger partial charge in [-0.25, -0.2) is 9.29 Å². The van der Waals surface area contributed by atoms with E-state index in [1.165, 1.54) is 11.9 Å². The van der Waals surface area contributed by atoms with Gasteiger partial charge in [0.15, 0.2) is 0 Å². The molecular formula is C21H19BrF6N4OS. The molecule has 1 unspecified atom stereocenters. The first-order chi connectivity index (χ1) is 15.8. The molecule has 1 aromatic carbocycles. The number of alkyl halides is 6. The van der Waals surface area contributed by atoms with Gasteiger partial charge in [-0.1, -0.05) is 18.1 Å². The lowest BCUT2D eigenvalue weighted by Gasteiger charge is -2.40. The second-order valence-electron chi connectivity index (χ2n) is 7.37. The van der Waals surface area contributed by atoms with Crippen LogP contribution in [0.3, 0.4) is 0 Å². The lowest BCUT2D eigenvalue weighted by molar-refractivity contribution is -0.376. The van der Waals surface area contributed by atoms with Crippen molar-refractivity contribution in [2.24, 2.45) is 0 Å². The number of nitrogens with two attached hydrogens (primary N) is 1. The highest BCUT2D eigenvalue weighted by Crippen LogP contribution is 2.50. The smallest absolute Gasteiger partial charge is 0.383 e. The van der Waals surface area contributed by atoms with Crippen LogP contribution < -0.4 is 10.6 Å². The number of anilines is 2. The van der Waals surface area contributed by atoms with Gasteiger partial charge in [0.05, 0.1) is 4.47 Å². The van der Waals surface area contributed by atoms with Crippen molar-refractivity contribution in [3.63, 3.8) is 0 Å². The number of nitrogen functional groups attached to an aromatic ring is 1. The topological polar surface area (TPSA) is 65.6 Å². The standard InChI is InChI=1S/C21H19BrF6N4OS/c1-2-3-15-12-31(34-16-10-17(22)18(29)30-11-16)8-9-32(15)14-6-4-13(5-7-14)19(33,20(23,24)25)21(26,27)28/h4-7,10-11,15,33H,8-9,12H2,1H3,(H2,29,30). The Morgan fingerprint density at radius 2 is 1.74 bits per heavy atom. The molecule has 1 atom stereocenters. The molecule has 3 rings (SSSR count). The van der Waals surface area contributed by atoms with E-state index in [1.54, 1.807) is 18.0 Å². The predicted molar refractivity (Wildman–Crippen MR) is 121 cm³/mol. The molecule has 0 amide bonds. The number of benzene rings is 1. The van der Waals surface area contributed by atoms with Crippen molar-refractivity contribution in [1.82, 2.24) is 9.29 Å². The van der Waals surface area contributed by atoms with Crippen molar-refractivity contribution in [2.45, 2.75) is 35.8 Å². The molecule has 1 aromatic heterocycles. The van der Waals surface area contributed by atoms with E-state index < -0.39 is 23.5 Å². The van der Waals surface area contributed by atoms with Gasteiger partial charge in [-0.15, -0.1) is 5.92 Å². The molecule has 0 bridgehead atoms. The molecule has 1 saturated heterocycles. The minimum atomic E-state index is -5.93. The first-order valence-electron chi connectivity index (χ1n) is 9.77. The number of piperazine rings is 1. The average molecular weight is 569 g/mol. The Kier molecular flexibility index (Phi) is 7.66. The van der Waals surface area contributed by atoms with Crippen LogP contribution in [0.15, 0.2) is 45.9 Å². The number of aromatic nitrogens is 1. The molecule has 2 aromatic rings. The number of nitrogens with zero attached hydrogens (tertiary/aromatic N) is 3. The highest BCUT2D eigenvalue weighted by molar-refractivity contribution is 9.10. The zero-order valence-corrected chi connectivity index (χ0v) is 20.0. The van der Waals surface area contributed by atoms with Gasteiger partial charge in [-0.3, -0.25) is 0 Å². The zero-order valence-electron chi connectivity index (χ0n) is 17.6. The molecular weight excluding hydrogens is 550 g/mol. The maximum atomic E-state index is 13.2. The lowest BCUT2D eigenvalue weighted by atomic mass is 9.92. The quantitative estimate of drug-likeness (QED) is 0.309. The van der Waals surface area contributed by atoms with Crippen molar-refractivity contribution in [1.29, 1.82) is 0 Å². The molecule has 2 heterocycles. The van der Waals surface area contributed by atoms with Gasteiger partial charge in [-0.05, 0) is 53.0 Å². The van der Waals surface area contributed by atoms with Crippen LogP contribution >= 0.6 is 27.9 Å². The maximum absolute atomic E-state index is 13.2. The van der Waals surface area contributed by atoms with E-state index in [4.69, 9.17) is 5.73 Å². The summed E-state index contributed by atoms with van der Waals surface area (Å²) in [6.45, 7) is 3.04. The van der Waals surface area contributed by atoms with E-state index in [9.17, 15) is 31.4 Å². The first kappa shape index (κ1) is 26.5. The van der Waals surface area contributed by atoms with E-state index in [2.05, 4.69) is 32.8 Å². The van der Waals surface area contributed by atoms with Crippen molar-refractivity contribution in [3.8, 4) is 11.8 Å². The van der Waals surface area contributed by atoms with Crippen LogP contribution in [0.25, 0.3) is 0 Å². The molecule has 5 nitrogen and oxygen atoms in total. The minimum absolute atomic E-state index is 0.357. The van der Waals surface area contributed by atoms with Crippen molar-refractivity contribution < 1.29 is 31.4 Å². The minimum Gasteiger partial charge on any atom is -0.383 e. The monoisotopic (exact) mass is 568 g/mol. The Labute approximate surface area is 204 Å². The Bertz CT molecular complexity index is 1070. The van der Waals surface area contributed by atoms with Crippen molar-refractivity contribution in [2.75, 3.05) is 30.3 Å². The summed E-state index contributed by atoms with van der Waals surface area (Å²) in [5.41, 5.74) is -0.163. The van der Waals surface area contributed by atoms with Crippen LogP contribution in [0.5, 0.6) is 0 Å². The summed E-state index contributed by atoms with van der Waals surface area (Å²) in [4.78, 5) is 6.72. The molecule has 13 heteroatoms. The van der Waals surface area contributed by atoms with Crippen LogP contribution in [0.4, 0.5) is 37.8 Å². The highest BCUT2D eigenvalue weighted by atomic mass is 79.9.